The molecule has 0 radical (unpaired) electrons. The molecule has 3 aromatic carbocycles. The predicted molar refractivity (Wildman–Crippen MR) is 128 cm³/mol. The van der Waals surface area contributed by atoms with E-state index in [4.69, 9.17) is 9.47 Å². The zero-order valence-corrected chi connectivity index (χ0v) is 18.6. The van der Waals surface area contributed by atoms with Crippen LogP contribution in [-0.2, 0) is 4.79 Å². The van der Waals surface area contributed by atoms with E-state index >= 15 is 0 Å². The van der Waals surface area contributed by atoms with E-state index in [1.165, 1.54) is 11.8 Å². The van der Waals surface area contributed by atoms with Gasteiger partial charge in [0.1, 0.15) is 11.5 Å². The molecule has 0 aromatic heterocycles. The van der Waals surface area contributed by atoms with Gasteiger partial charge in [-0.15, -0.1) is 0 Å². The lowest BCUT2D eigenvalue weighted by Gasteiger charge is -2.12. The number of nitrogens with zero attached hydrogens (tertiary/aromatic N) is 1. The van der Waals surface area contributed by atoms with Gasteiger partial charge in [-0.05, 0) is 79.2 Å². The minimum absolute atomic E-state index is 0.169. The predicted octanol–water partition coefficient (Wildman–Crippen LogP) is 5.84. The van der Waals surface area contributed by atoms with Gasteiger partial charge in [0.25, 0.3) is 5.91 Å². The summed E-state index contributed by atoms with van der Waals surface area (Å²) in [6.07, 6.45) is 1.88. The Morgan fingerprint density at radius 2 is 1.81 bits per heavy atom. The van der Waals surface area contributed by atoms with Crippen molar-refractivity contribution in [2.45, 2.75) is 20.8 Å². The van der Waals surface area contributed by atoms with Crippen LogP contribution in [0.4, 0.5) is 5.69 Å². The van der Waals surface area contributed by atoms with Crippen molar-refractivity contribution in [2.24, 2.45) is 4.99 Å². The molecule has 3 aromatic rings. The van der Waals surface area contributed by atoms with Gasteiger partial charge in [-0.1, -0.05) is 30.3 Å². The fourth-order valence-corrected chi connectivity index (χ4v) is 4.22. The van der Waals surface area contributed by atoms with Gasteiger partial charge < -0.3 is 14.8 Å². The molecule has 0 saturated carbocycles. The Hall–Kier alpha value is -3.25. The van der Waals surface area contributed by atoms with Gasteiger partial charge in [-0.3, -0.25) is 4.79 Å². The third-order valence-electron chi connectivity index (χ3n) is 4.87. The summed E-state index contributed by atoms with van der Waals surface area (Å²) in [5.74, 6) is 1.35. The molecule has 0 aliphatic carbocycles. The highest BCUT2D eigenvalue weighted by Gasteiger charge is 2.25. The first-order valence-corrected chi connectivity index (χ1v) is 11.1. The first kappa shape index (κ1) is 21.0. The highest BCUT2D eigenvalue weighted by Crippen LogP contribution is 2.36. The maximum absolute atomic E-state index is 12.7. The van der Waals surface area contributed by atoms with Crippen LogP contribution in [0.25, 0.3) is 16.8 Å². The molecule has 1 aliphatic rings. The van der Waals surface area contributed by atoms with Crippen LogP contribution in [0.5, 0.6) is 11.5 Å². The SMILES string of the molecule is CCOc1ccc2ccc(OCC)c(/C=C3\SC(=Nc4ccccc4C)NC3=O)c2c1. The molecule has 1 N–H and O–H groups in total. The molecule has 0 spiro atoms. The number of hydrogen-bond acceptors (Lipinski definition) is 5. The number of amides is 1. The summed E-state index contributed by atoms with van der Waals surface area (Å²) < 4.78 is 11.6. The smallest absolute Gasteiger partial charge is 0.264 e. The highest BCUT2D eigenvalue weighted by atomic mass is 32.2. The summed E-state index contributed by atoms with van der Waals surface area (Å²) in [5.41, 5.74) is 2.75. The van der Waals surface area contributed by atoms with Gasteiger partial charge >= 0.3 is 0 Å². The summed E-state index contributed by atoms with van der Waals surface area (Å²) in [4.78, 5) is 17.9. The van der Waals surface area contributed by atoms with Crippen molar-refractivity contribution in [3.8, 4) is 11.5 Å². The molecule has 1 amide bonds. The van der Waals surface area contributed by atoms with E-state index in [9.17, 15) is 4.79 Å². The first-order valence-electron chi connectivity index (χ1n) is 10.3. The topological polar surface area (TPSA) is 59.9 Å². The molecule has 1 saturated heterocycles. The second-order valence-electron chi connectivity index (χ2n) is 6.99. The average Bonchev–Trinajstić information content (AvgIpc) is 3.10. The Morgan fingerprint density at radius 1 is 1.03 bits per heavy atom. The van der Waals surface area contributed by atoms with Gasteiger partial charge in [0.05, 0.1) is 23.8 Å². The van der Waals surface area contributed by atoms with Gasteiger partial charge in [-0.2, -0.15) is 0 Å². The van der Waals surface area contributed by atoms with Gasteiger partial charge in [0.2, 0.25) is 0 Å². The maximum Gasteiger partial charge on any atom is 0.264 e. The van der Waals surface area contributed by atoms with Crippen molar-refractivity contribution in [3.05, 3.63) is 70.6 Å². The molecule has 158 valence electrons. The molecule has 31 heavy (non-hydrogen) atoms. The third-order valence-corrected chi connectivity index (χ3v) is 5.78. The Balaban J connectivity index is 1.77. The molecule has 1 fully saturated rings. The van der Waals surface area contributed by atoms with Crippen LogP contribution in [0, 0.1) is 6.92 Å². The first-order chi connectivity index (χ1) is 15.1. The van der Waals surface area contributed by atoms with Crippen molar-refractivity contribution in [1.82, 2.24) is 5.32 Å². The molecule has 0 unspecified atom stereocenters. The van der Waals surface area contributed by atoms with Gasteiger partial charge in [0.15, 0.2) is 5.17 Å². The number of nitrogens with one attached hydrogen (secondary N) is 1. The van der Waals surface area contributed by atoms with Crippen LogP contribution in [0.2, 0.25) is 0 Å². The number of fused-ring (bicyclic) bond motifs is 1. The molecular formula is C25H24N2O3S. The van der Waals surface area contributed by atoms with Crippen LogP contribution in [0.1, 0.15) is 25.0 Å². The van der Waals surface area contributed by atoms with Gasteiger partial charge in [-0.25, -0.2) is 4.99 Å². The number of amidine groups is 1. The molecule has 0 bridgehead atoms. The molecule has 0 atom stereocenters. The second-order valence-corrected chi connectivity index (χ2v) is 8.03. The zero-order valence-electron chi connectivity index (χ0n) is 17.8. The Kier molecular flexibility index (Phi) is 6.28. The second kappa shape index (κ2) is 9.27. The quantitative estimate of drug-likeness (QED) is 0.497. The molecule has 5 nitrogen and oxygen atoms in total. The lowest BCUT2D eigenvalue weighted by Crippen LogP contribution is -2.19. The number of ether oxygens (including phenoxy) is 2. The monoisotopic (exact) mass is 432 g/mol. The van der Waals surface area contributed by atoms with Crippen molar-refractivity contribution in [1.29, 1.82) is 0 Å². The Labute approximate surface area is 186 Å². The summed E-state index contributed by atoms with van der Waals surface area (Å²) >= 11 is 1.33. The molecular weight excluding hydrogens is 408 g/mol. The lowest BCUT2D eigenvalue weighted by atomic mass is 10.0. The van der Waals surface area contributed by atoms with Crippen molar-refractivity contribution >= 4 is 45.4 Å². The lowest BCUT2D eigenvalue weighted by molar-refractivity contribution is -0.115. The van der Waals surface area contributed by atoms with E-state index in [1.54, 1.807) is 0 Å². The molecule has 6 heteroatoms. The number of carbonyl (C=O) groups excluding carboxylic acids is 1. The average molecular weight is 433 g/mol. The maximum atomic E-state index is 12.7. The van der Waals surface area contributed by atoms with Crippen LogP contribution in [0.15, 0.2) is 64.5 Å². The standard InChI is InChI=1S/C25H24N2O3S/c1-4-29-18-12-10-17-11-13-22(30-5-2)20(19(17)14-18)15-23-24(28)27-25(31-23)26-21-9-7-6-8-16(21)3/h6-15H,4-5H2,1-3H3,(H,26,27,28)/b23-15-. The van der Waals surface area contributed by atoms with E-state index in [-0.39, 0.29) is 5.91 Å². The Bertz CT molecular complexity index is 1200. The van der Waals surface area contributed by atoms with E-state index in [2.05, 4.69) is 10.3 Å². The summed E-state index contributed by atoms with van der Waals surface area (Å²) in [7, 11) is 0. The summed E-state index contributed by atoms with van der Waals surface area (Å²) in [6, 6.07) is 17.8. The number of carbonyl (C=O) groups is 1. The van der Waals surface area contributed by atoms with Crippen LogP contribution in [-0.4, -0.2) is 24.3 Å². The van der Waals surface area contributed by atoms with Crippen LogP contribution < -0.4 is 14.8 Å². The van der Waals surface area contributed by atoms with Crippen molar-refractivity contribution in [2.75, 3.05) is 13.2 Å². The number of rotatable bonds is 6. The van der Waals surface area contributed by atoms with E-state index in [1.807, 2.05) is 81.4 Å². The van der Waals surface area contributed by atoms with Crippen molar-refractivity contribution in [3.63, 3.8) is 0 Å². The number of benzene rings is 3. The fraction of sp³-hybridized carbons (Fsp3) is 0.200. The van der Waals surface area contributed by atoms with E-state index < -0.39 is 0 Å². The number of hydrogen-bond donors (Lipinski definition) is 1. The molecule has 4 rings (SSSR count). The minimum atomic E-state index is -0.169. The third kappa shape index (κ3) is 4.59. The van der Waals surface area contributed by atoms with Gasteiger partial charge in [0, 0.05) is 5.56 Å². The molecule has 1 heterocycles. The molecule has 1 aliphatic heterocycles. The number of aliphatic imine (C=N–C) groups is 1. The number of thioether (sulfide) groups is 1. The van der Waals surface area contributed by atoms with E-state index in [0.717, 1.165) is 39.1 Å². The number of aryl methyl sites for hydroxylation is 1. The Morgan fingerprint density at radius 3 is 2.58 bits per heavy atom. The summed E-state index contributed by atoms with van der Waals surface area (Å²) in [5, 5.41) is 5.47. The largest absolute Gasteiger partial charge is 0.494 e. The fourth-order valence-electron chi connectivity index (χ4n) is 3.40. The number of para-hydroxylation sites is 1. The van der Waals surface area contributed by atoms with Crippen molar-refractivity contribution < 1.29 is 14.3 Å². The highest BCUT2D eigenvalue weighted by molar-refractivity contribution is 8.18. The van der Waals surface area contributed by atoms with E-state index in [0.29, 0.717) is 23.3 Å². The summed E-state index contributed by atoms with van der Waals surface area (Å²) in [6.45, 7) is 7.02. The van der Waals surface area contributed by atoms with Crippen LogP contribution in [0.3, 0.4) is 0 Å². The zero-order chi connectivity index (χ0) is 21.8. The normalized spacial score (nSPS) is 16.2. The van der Waals surface area contributed by atoms with Crippen LogP contribution >= 0.6 is 11.8 Å². The minimum Gasteiger partial charge on any atom is -0.494 e.